The summed E-state index contributed by atoms with van der Waals surface area (Å²) >= 11 is 0. The molecular formula is C20H41NO. The molecule has 2 unspecified atom stereocenters. The maximum absolute atomic E-state index is 9.70. The van der Waals surface area contributed by atoms with Gasteiger partial charge >= 0.3 is 0 Å². The minimum absolute atomic E-state index is 0.113. The number of rotatable bonds is 16. The van der Waals surface area contributed by atoms with Crippen molar-refractivity contribution < 1.29 is 5.11 Å². The number of aliphatic hydroxyl groups is 1. The van der Waals surface area contributed by atoms with E-state index < -0.39 is 6.10 Å². The maximum atomic E-state index is 9.70. The van der Waals surface area contributed by atoms with Crippen molar-refractivity contribution in [1.82, 2.24) is 0 Å². The Labute approximate surface area is 139 Å². The number of aliphatic hydroxyl groups excluding tert-OH is 1. The van der Waals surface area contributed by atoms with Crippen LogP contribution in [0, 0.1) is 0 Å². The highest BCUT2D eigenvalue weighted by Crippen LogP contribution is 2.12. The molecule has 0 spiro atoms. The van der Waals surface area contributed by atoms with E-state index >= 15 is 0 Å². The van der Waals surface area contributed by atoms with E-state index in [9.17, 15) is 5.11 Å². The monoisotopic (exact) mass is 311 g/mol. The molecule has 0 aromatic rings. The van der Waals surface area contributed by atoms with Crippen LogP contribution in [-0.4, -0.2) is 17.3 Å². The fourth-order valence-electron chi connectivity index (χ4n) is 2.72. The van der Waals surface area contributed by atoms with E-state index in [1.807, 2.05) is 13.0 Å². The van der Waals surface area contributed by atoms with Crippen LogP contribution in [0.2, 0.25) is 0 Å². The fraction of sp³-hybridized carbons (Fsp3) is 0.900. The van der Waals surface area contributed by atoms with E-state index in [4.69, 9.17) is 5.73 Å². The van der Waals surface area contributed by atoms with Crippen molar-refractivity contribution in [3.05, 3.63) is 12.2 Å². The molecule has 2 heteroatoms. The van der Waals surface area contributed by atoms with Gasteiger partial charge in [0.25, 0.3) is 0 Å². The molecule has 0 amide bonds. The van der Waals surface area contributed by atoms with Crippen LogP contribution in [-0.2, 0) is 0 Å². The molecule has 2 nitrogen and oxygen atoms in total. The van der Waals surface area contributed by atoms with E-state index in [0.29, 0.717) is 0 Å². The molecule has 3 N–H and O–H groups in total. The molecule has 0 rings (SSSR count). The van der Waals surface area contributed by atoms with Gasteiger partial charge in [-0.05, 0) is 19.3 Å². The van der Waals surface area contributed by atoms with Crippen molar-refractivity contribution in [2.45, 2.75) is 116 Å². The summed E-state index contributed by atoms with van der Waals surface area (Å²) in [4.78, 5) is 0. The van der Waals surface area contributed by atoms with Crippen molar-refractivity contribution in [3.8, 4) is 0 Å². The largest absolute Gasteiger partial charge is 0.387 e. The Kier molecular flexibility index (Phi) is 16.8. The molecule has 0 aliphatic heterocycles. The lowest BCUT2D eigenvalue weighted by molar-refractivity contribution is 0.188. The van der Waals surface area contributed by atoms with Crippen molar-refractivity contribution in [3.63, 3.8) is 0 Å². The Bertz CT molecular complexity index is 240. The highest BCUT2D eigenvalue weighted by Gasteiger charge is 2.07. The van der Waals surface area contributed by atoms with Gasteiger partial charge in [-0.25, -0.2) is 0 Å². The van der Waals surface area contributed by atoms with Crippen molar-refractivity contribution in [1.29, 1.82) is 0 Å². The van der Waals surface area contributed by atoms with Crippen molar-refractivity contribution >= 4 is 0 Å². The van der Waals surface area contributed by atoms with Gasteiger partial charge in [0, 0.05) is 6.04 Å². The lowest BCUT2D eigenvalue weighted by Crippen LogP contribution is -2.32. The zero-order chi connectivity index (χ0) is 16.5. The summed E-state index contributed by atoms with van der Waals surface area (Å²) in [5.41, 5.74) is 5.77. The summed E-state index contributed by atoms with van der Waals surface area (Å²) in [6, 6.07) is -0.113. The summed E-state index contributed by atoms with van der Waals surface area (Å²) in [6.07, 6.45) is 22.0. The molecule has 0 aliphatic carbocycles. The first kappa shape index (κ1) is 21.7. The van der Waals surface area contributed by atoms with E-state index in [-0.39, 0.29) is 6.04 Å². The summed E-state index contributed by atoms with van der Waals surface area (Å²) in [6.45, 7) is 4.28. The van der Waals surface area contributed by atoms with Crippen LogP contribution in [0.15, 0.2) is 12.2 Å². The van der Waals surface area contributed by atoms with E-state index in [2.05, 4.69) is 13.0 Å². The predicted octanol–water partition coefficient (Wildman–Crippen LogP) is 5.73. The molecule has 132 valence electrons. The van der Waals surface area contributed by atoms with Crippen LogP contribution in [0.5, 0.6) is 0 Å². The Balaban J connectivity index is 3.19. The molecule has 0 fully saturated rings. The second-order valence-corrected chi connectivity index (χ2v) is 6.67. The van der Waals surface area contributed by atoms with Crippen LogP contribution in [0.3, 0.4) is 0 Å². The average molecular weight is 312 g/mol. The number of allylic oxidation sites excluding steroid dienone is 1. The van der Waals surface area contributed by atoms with Crippen LogP contribution < -0.4 is 5.73 Å². The highest BCUT2D eigenvalue weighted by molar-refractivity contribution is 4.93. The van der Waals surface area contributed by atoms with Gasteiger partial charge in [0.05, 0.1) is 6.10 Å². The fourth-order valence-corrected chi connectivity index (χ4v) is 2.72. The predicted molar refractivity (Wildman–Crippen MR) is 99.1 cm³/mol. The lowest BCUT2D eigenvalue weighted by atomic mass is 10.0. The SMILES string of the molecule is CCCCCCCCCCCCCC/C=C/C(O)C(N)CC. The quantitative estimate of drug-likeness (QED) is 0.282. The minimum atomic E-state index is -0.470. The van der Waals surface area contributed by atoms with Gasteiger partial charge in [-0.3, -0.25) is 0 Å². The van der Waals surface area contributed by atoms with Crippen LogP contribution >= 0.6 is 0 Å². The third-order valence-corrected chi connectivity index (χ3v) is 4.47. The molecule has 0 saturated carbocycles. The Morgan fingerprint density at radius 2 is 1.23 bits per heavy atom. The van der Waals surface area contributed by atoms with Gasteiger partial charge in [0.15, 0.2) is 0 Å². The second-order valence-electron chi connectivity index (χ2n) is 6.67. The minimum Gasteiger partial charge on any atom is -0.387 e. The van der Waals surface area contributed by atoms with Gasteiger partial charge in [0.1, 0.15) is 0 Å². The van der Waals surface area contributed by atoms with Gasteiger partial charge in [-0.15, -0.1) is 0 Å². The third kappa shape index (κ3) is 14.6. The van der Waals surface area contributed by atoms with Crippen molar-refractivity contribution in [2.75, 3.05) is 0 Å². The first-order valence-electron chi connectivity index (χ1n) is 9.82. The molecule has 0 aliphatic rings. The van der Waals surface area contributed by atoms with Crippen LogP contribution in [0.25, 0.3) is 0 Å². The summed E-state index contributed by atoms with van der Waals surface area (Å²) in [5, 5.41) is 9.70. The Morgan fingerprint density at radius 1 is 0.773 bits per heavy atom. The summed E-state index contributed by atoms with van der Waals surface area (Å²) in [5.74, 6) is 0. The smallest absolute Gasteiger partial charge is 0.0871 e. The lowest BCUT2D eigenvalue weighted by Gasteiger charge is -2.12. The number of hydrogen-bond donors (Lipinski definition) is 2. The zero-order valence-electron chi connectivity index (χ0n) is 15.2. The molecule has 0 aromatic heterocycles. The van der Waals surface area contributed by atoms with Crippen LogP contribution in [0.1, 0.15) is 104 Å². The standard InChI is InChI=1S/C20H41NO/c1-3-5-6-7-8-9-10-11-12-13-14-15-16-17-18-20(22)19(21)4-2/h17-20,22H,3-16,21H2,1-2H3/b18-17+. The van der Waals surface area contributed by atoms with Crippen LogP contribution in [0.4, 0.5) is 0 Å². The zero-order valence-corrected chi connectivity index (χ0v) is 15.2. The topological polar surface area (TPSA) is 46.2 Å². The van der Waals surface area contributed by atoms with Gasteiger partial charge in [-0.1, -0.05) is 96.6 Å². The number of unbranched alkanes of at least 4 members (excludes halogenated alkanes) is 12. The maximum Gasteiger partial charge on any atom is 0.0871 e. The molecule has 2 atom stereocenters. The number of hydrogen-bond acceptors (Lipinski definition) is 2. The van der Waals surface area contributed by atoms with Gasteiger partial charge in [0.2, 0.25) is 0 Å². The summed E-state index contributed by atoms with van der Waals surface area (Å²) < 4.78 is 0. The van der Waals surface area contributed by atoms with Crippen molar-refractivity contribution in [2.24, 2.45) is 5.73 Å². The Hall–Kier alpha value is -0.340. The number of nitrogens with two attached hydrogens (primary N) is 1. The molecule has 0 bridgehead atoms. The first-order chi connectivity index (χ1) is 10.7. The molecule has 0 heterocycles. The second kappa shape index (κ2) is 17.0. The summed E-state index contributed by atoms with van der Waals surface area (Å²) in [7, 11) is 0. The normalized spacial score (nSPS) is 14.5. The van der Waals surface area contributed by atoms with Gasteiger partial charge in [-0.2, -0.15) is 0 Å². The first-order valence-corrected chi connectivity index (χ1v) is 9.82. The highest BCUT2D eigenvalue weighted by atomic mass is 16.3. The molecule has 0 saturated heterocycles. The molecule has 22 heavy (non-hydrogen) atoms. The Morgan fingerprint density at radius 3 is 1.68 bits per heavy atom. The van der Waals surface area contributed by atoms with Gasteiger partial charge < -0.3 is 10.8 Å². The van der Waals surface area contributed by atoms with E-state index in [1.165, 1.54) is 77.0 Å². The van der Waals surface area contributed by atoms with E-state index in [1.54, 1.807) is 0 Å². The average Bonchev–Trinajstić information content (AvgIpc) is 2.54. The molecule has 0 radical (unpaired) electrons. The third-order valence-electron chi connectivity index (χ3n) is 4.47. The molecule has 0 aromatic carbocycles. The molecular weight excluding hydrogens is 270 g/mol. The van der Waals surface area contributed by atoms with E-state index in [0.717, 1.165) is 12.8 Å².